The van der Waals surface area contributed by atoms with Crippen LogP contribution in [0.25, 0.3) is 0 Å². The summed E-state index contributed by atoms with van der Waals surface area (Å²) in [4.78, 5) is 23.7. The van der Waals surface area contributed by atoms with E-state index in [1.165, 1.54) is 14.0 Å². The van der Waals surface area contributed by atoms with Gasteiger partial charge in [0, 0.05) is 12.3 Å². The first kappa shape index (κ1) is 13.6. The van der Waals surface area contributed by atoms with Crippen LogP contribution in [0, 0.1) is 0 Å². The van der Waals surface area contributed by atoms with Crippen LogP contribution in [-0.2, 0) is 19.7 Å². The molecule has 19 heavy (non-hydrogen) atoms. The van der Waals surface area contributed by atoms with E-state index in [2.05, 4.69) is 5.32 Å². The minimum atomic E-state index is -0.949. The molecule has 0 aliphatic heterocycles. The standard InChI is InChI=1S/C15H19NO3/c1-11(17)16-15(13(18)19-3)10-9-14(15,2)12-7-5-4-6-8-12/h4-8H,9-10H2,1-3H3,(H,16,17)/t14-,15+/m1/s1. The summed E-state index contributed by atoms with van der Waals surface area (Å²) in [7, 11) is 1.36. The second kappa shape index (κ2) is 4.68. The van der Waals surface area contributed by atoms with E-state index in [0.717, 1.165) is 12.0 Å². The van der Waals surface area contributed by atoms with Gasteiger partial charge in [-0.05, 0) is 18.4 Å². The molecule has 4 nitrogen and oxygen atoms in total. The lowest BCUT2D eigenvalue weighted by molar-refractivity contribution is -0.161. The van der Waals surface area contributed by atoms with Crippen LogP contribution in [0.5, 0.6) is 0 Å². The molecule has 2 atom stereocenters. The van der Waals surface area contributed by atoms with Crippen molar-refractivity contribution in [2.75, 3.05) is 7.11 Å². The molecule has 0 spiro atoms. The predicted octanol–water partition coefficient (Wildman–Crippen LogP) is 1.79. The van der Waals surface area contributed by atoms with Crippen molar-refractivity contribution in [3.05, 3.63) is 35.9 Å². The van der Waals surface area contributed by atoms with Crippen molar-refractivity contribution < 1.29 is 14.3 Å². The van der Waals surface area contributed by atoms with Gasteiger partial charge in [0.15, 0.2) is 0 Å². The molecule has 1 aliphatic carbocycles. The van der Waals surface area contributed by atoms with E-state index in [1.54, 1.807) is 0 Å². The summed E-state index contributed by atoms with van der Waals surface area (Å²) in [5, 5.41) is 2.82. The number of hydrogen-bond acceptors (Lipinski definition) is 3. The number of rotatable bonds is 3. The summed E-state index contributed by atoms with van der Waals surface area (Å²) in [5.74, 6) is -0.590. The number of carbonyl (C=O) groups is 2. The summed E-state index contributed by atoms with van der Waals surface area (Å²) in [6.07, 6.45) is 1.44. The molecule has 0 saturated heterocycles. The fraction of sp³-hybridized carbons (Fsp3) is 0.467. The third-order valence-corrected chi connectivity index (χ3v) is 4.28. The fourth-order valence-corrected chi connectivity index (χ4v) is 3.00. The zero-order valence-electron chi connectivity index (χ0n) is 11.5. The number of nitrogens with one attached hydrogen (secondary N) is 1. The zero-order valence-corrected chi connectivity index (χ0v) is 11.5. The van der Waals surface area contributed by atoms with E-state index in [9.17, 15) is 9.59 Å². The fourth-order valence-electron chi connectivity index (χ4n) is 3.00. The number of esters is 1. The van der Waals surface area contributed by atoms with Crippen molar-refractivity contribution in [3.63, 3.8) is 0 Å². The van der Waals surface area contributed by atoms with Crippen molar-refractivity contribution in [3.8, 4) is 0 Å². The van der Waals surface area contributed by atoms with E-state index in [1.807, 2.05) is 37.3 Å². The van der Waals surface area contributed by atoms with Crippen LogP contribution in [0.1, 0.15) is 32.3 Å². The van der Waals surface area contributed by atoms with Gasteiger partial charge in [-0.2, -0.15) is 0 Å². The van der Waals surface area contributed by atoms with Gasteiger partial charge in [-0.25, -0.2) is 4.79 Å². The Balaban J connectivity index is 2.45. The Kier molecular flexibility index (Phi) is 3.35. The van der Waals surface area contributed by atoms with Crippen molar-refractivity contribution in [2.45, 2.75) is 37.6 Å². The summed E-state index contributed by atoms with van der Waals surface area (Å²) in [5.41, 5.74) is -0.331. The van der Waals surface area contributed by atoms with E-state index >= 15 is 0 Å². The first-order chi connectivity index (χ1) is 8.96. The zero-order chi connectivity index (χ0) is 14.1. The smallest absolute Gasteiger partial charge is 0.332 e. The summed E-state index contributed by atoms with van der Waals surface area (Å²) in [6.45, 7) is 3.42. The monoisotopic (exact) mass is 261 g/mol. The molecule has 1 aromatic carbocycles. The van der Waals surface area contributed by atoms with Crippen LogP contribution in [0.15, 0.2) is 30.3 Å². The first-order valence-electron chi connectivity index (χ1n) is 6.39. The van der Waals surface area contributed by atoms with Gasteiger partial charge in [-0.3, -0.25) is 4.79 Å². The van der Waals surface area contributed by atoms with E-state index in [0.29, 0.717) is 6.42 Å². The topological polar surface area (TPSA) is 55.4 Å². The highest BCUT2D eigenvalue weighted by Gasteiger charge is 2.63. The molecule has 1 aliphatic rings. The van der Waals surface area contributed by atoms with Crippen molar-refractivity contribution >= 4 is 11.9 Å². The molecule has 1 fully saturated rings. The van der Waals surface area contributed by atoms with Gasteiger partial charge in [-0.1, -0.05) is 37.3 Å². The van der Waals surface area contributed by atoms with Crippen molar-refractivity contribution in [1.82, 2.24) is 5.32 Å². The Morgan fingerprint density at radius 3 is 2.26 bits per heavy atom. The van der Waals surface area contributed by atoms with Gasteiger partial charge in [0.1, 0.15) is 5.54 Å². The molecule has 102 valence electrons. The van der Waals surface area contributed by atoms with Crippen LogP contribution in [0.4, 0.5) is 0 Å². The van der Waals surface area contributed by atoms with Gasteiger partial charge >= 0.3 is 5.97 Å². The number of benzene rings is 1. The van der Waals surface area contributed by atoms with Gasteiger partial charge in [0.25, 0.3) is 0 Å². The molecular formula is C15H19NO3. The van der Waals surface area contributed by atoms with Crippen LogP contribution in [0.2, 0.25) is 0 Å². The normalized spacial score (nSPS) is 29.2. The minimum absolute atomic E-state index is 0.216. The number of amides is 1. The average Bonchev–Trinajstić information content (AvgIpc) is 2.42. The number of carbonyl (C=O) groups excluding carboxylic acids is 2. The third-order valence-electron chi connectivity index (χ3n) is 4.28. The summed E-state index contributed by atoms with van der Waals surface area (Å²) < 4.78 is 4.92. The predicted molar refractivity (Wildman–Crippen MR) is 71.6 cm³/mol. The quantitative estimate of drug-likeness (QED) is 0.844. The highest BCUT2D eigenvalue weighted by Crippen LogP contribution is 2.52. The second-order valence-electron chi connectivity index (χ2n) is 5.28. The Hall–Kier alpha value is -1.84. The lowest BCUT2D eigenvalue weighted by Crippen LogP contribution is -2.72. The first-order valence-corrected chi connectivity index (χ1v) is 6.39. The number of methoxy groups -OCH3 is 1. The van der Waals surface area contributed by atoms with Crippen LogP contribution in [-0.4, -0.2) is 24.5 Å². The second-order valence-corrected chi connectivity index (χ2v) is 5.28. The van der Waals surface area contributed by atoms with Crippen LogP contribution < -0.4 is 5.32 Å². The SMILES string of the molecule is COC(=O)[C@@]1(NC(C)=O)CC[C@]1(C)c1ccccc1. The molecule has 1 N–H and O–H groups in total. The van der Waals surface area contributed by atoms with Crippen LogP contribution in [0.3, 0.4) is 0 Å². The number of ether oxygens (including phenoxy) is 1. The van der Waals surface area contributed by atoms with Crippen molar-refractivity contribution in [1.29, 1.82) is 0 Å². The lowest BCUT2D eigenvalue weighted by Gasteiger charge is -2.55. The number of hydrogen-bond donors (Lipinski definition) is 1. The summed E-state index contributed by atoms with van der Waals surface area (Å²) in [6, 6.07) is 9.78. The molecule has 1 amide bonds. The van der Waals surface area contributed by atoms with E-state index < -0.39 is 11.0 Å². The maximum Gasteiger partial charge on any atom is 0.332 e. The Morgan fingerprint density at radius 1 is 1.21 bits per heavy atom. The Bertz CT molecular complexity index is 499. The van der Waals surface area contributed by atoms with Crippen molar-refractivity contribution in [2.24, 2.45) is 0 Å². The van der Waals surface area contributed by atoms with Crippen LogP contribution >= 0.6 is 0 Å². The molecule has 2 rings (SSSR count). The van der Waals surface area contributed by atoms with Gasteiger partial charge in [0.2, 0.25) is 5.91 Å². The molecule has 0 radical (unpaired) electrons. The summed E-state index contributed by atoms with van der Waals surface area (Å²) >= 11 is 0. The van der Waals surface area contributed by atoms with Gasteiger partial charge in [0.05, 0.1) is 7.11 Å². The van der Waals surface area contributed by atoms with Gasteiger partial charge < -0.3 is 10.1 Å². The van der Waals surface area contributed by atoms with E-state index in [-0.39, 0.29) is 11.9 Å². The highest BCUT2D eigenvalue weighted by atomic mass is 16.5. The molecule has 0 bridgehead atoms. The third kappa shape index (κ3) is 1.91. The Labute approximate surface area is 113 Å². The molecule has 1 aromatic rings. The molecular weight excluding hydrogens is 242 g/mol. The Morgan fingerprint density at radius 2 is 1.84 bits per heavy atom. The molecule has 0 aromatic heterocycles. The molecule has 1 saturated carbocycles. The lowest BCUT2D eigenvalue weighted by atomic mass is 9.52. The van der Waals surface area contributed by atoms with Gasteiger partial charge in [-0.15, -0.1) is 0 Å². The molecule has 0 heterocycles. The maximum atomic E-state index is 12.2. The minimum Gasteiger partial charge on any atom is -0.467 e. The maximum absolute atomic E-state index is 12.2. The molecule has 4 heteroatoms. The average molecular weight is 261 g/mol. The molecule has 0 unspecified atom stereocenters. The largest absolute Gasteiger partial charge is 0.467 e. The highest BCUT2D eigenvalue weighted by molar-refractivity contribution is 5.90. The van der Waals surface area contributed by atoms with E-state index in [4.69, 9.17) is 4.74 Å².